The van der Waals surface area contributed by atoms with Crippen molar-refractivity contribution >= 4 is 27.1 Å². The molecule has 1 aromatic heterocycles. The Balaban J connectivity index is 0. The summed E-state index contributed by atoms with van der Waals surface area (Å²) in [4.78, 5) is 15.9. The number of rotatable bonds is 11. The molecule has 0 aliphatic heterocycles. The van der Waals surface area contributed by atoms with E-state index in [0.717, 1.165) is 31.2 Å². The number of carbonyl (C=O) groups excluding carboxylic acids is 1. The number of benzene rings is 1. The zero-order valence-corrected chi connectivity index (χ0v) is 27.2. The van der Waals surface area contributed by atoms with Gasteiger partial charge in [0.2, 0.25) is 0 Å². The first-order valence-electron chi connectivity index (χ1n) is 14.3. The van der Waals surface area contributed by atoms with Crippen LogP contribution in [0.15, 0.2) is 36.5 Å². The average Bonchev–Trinajstić information content (AvgIpc) is 2.96. The monoisotopic (exact) mass is 601 g/mol. The Bertz CT molecular complexity index is 1150. The highest BCUT2D eigenvalue weighted by atomic mass is 32.2. The Hall–Kier alpha value is -2.75. The minimum atomic E-state index is -3.74. The molecule has 0 aliphatic carbocycles. The van der Waals surface area contributed by atoms with Crippen LogP contribution < -0.4 is 5.32 Å². The van der Waals surface area contributed by atoms with Gasteiger partial charge in [0.1, 0.15) is 22.1 Å². The first-order valence-corrected chi connectivity index (χ1v) is 15.9. The molecule has 234 valence electrons. The van der Waals surface area contributed by atoms with Gasteiger partial charge in [0, 0.05) is 11.4 Å². The molecule has 2 aromatic rings. The van der Waals surface area contributed by atoms with E-state index in [0.29, 0.717) is 12.3 Å². The van der Waals surface area contributed by atoms with E-state index in [4.69, 9.17) is 5.41 Å². The van der Waals surface area contributed by atoms with Gasteiger partial charge >= 0.3 is 0 Å². The molecule has 2 rings (SSSR count). The van der Waals surface area contributed by atoms with Crippen LogP contribution in [0.1, 0.15) is 110 Å². The van der Waals surface area contributed by atoms with Crippen LogP contribution in [0.25, 0.3) is 0 Å². The largest absolute Gasteiger partial charge is 0.321 e. The number of alkyl halides is 1. The van der Waals surface area contributed by atoms with Crippen LogP contribution in [0.5, 0.6) is 0 Å². The van der Waals surface area contributed by atoms with Crippen LogP contribution in [0, 0.1) is 23.0 Å². The Morgan fingerprint density at radius 3 is 2.07 bits per heavy atom. The second-order valence-electron chi connectivity index (χ2n) is 9.57. The summed E-state index contributed by atoms with van der Waals surface area (Å²) in [6.07, 6.45) is 3.04. The van der Waals surface area contributed by atoms with E-state index in [1.54, 1.807) is 13.8 Å². The number of hydrogen-bond acceptors (Lipinski definition) is 5. The first kappa shape index (κ1) is 40.4. The van der Waals surface area contributed by atoms with Crippen LogP contribution >= 0.6 is 0 Å². The van der Waals surface area contributed by atoms with Crippen molar-refractivity contribution in [3.63, 3.8) is 0 Å². The SMILES string of the molecule is CC.CC.CCC(=N)C(C)(C)S(=O)(=O)C[C@H](C)c1cc(NC(=O)c2ccc(F)cn2)ccc1F.CCC(C)CCF. The van der Waals surface area contributed by atoms with Gasteiger partial charge in [0.05, 0.1) is 18.6 Å². The van der Waals surface area contributed by atoms with E-state index in [-0.39, 0.29) is 35.1 Å². The van der Waals surface area contributed by atoms with Crippen LogP contribution in [-0.2, 0) is 9.84 Å². The number of carbonyl (C=O) groups is 1. The molecule has 6 nitrogen and oxygen atoms in total. The highest BCUT2D eigenvalue weighted by Crippen LogP contribution is 2.29. The predicted octanol–water partition coefficient (Wildman–Crippen LogP) is 8.78. The van der Waals surface area contributed by atoms with Crippen molar-refractivity contribution in [2.24, 2.45) is 5.92 Å². The molecule has 0 saturated carbocycles. The lowest BCUT2D eigenvalue weighted by Crippen LogP contribution is -2.42. The quantitative estimate of drug-likeness (QED) is 0.251. The number of hydrogen-bond donors (Lipinski definition) is 2. The van der Waals surface area contributed by atoms with Crippen molar-refractivity contribution in [3.05, 3.63) is 59.4 Å². The summed E-state index contributed by atoms with van der Waals surface area (Å²) in [6.45, 7) is 18.2. The smallest absolute Gasteiger partial charge is 0.274 e. The third-order valence-electron chi connectivity index (χ3n) is 6.37. The number of aromatic nitrogens is 1. The van der Waals surface area contributed by atoms with Gasteiger partial charge in [-0.15, -0.1) is 0 Å². The van der Waals surface area contributed by atoms with E-state index in [9.17, 15) is 26.4 Å². The number of nitrogens with one attached hydrogen (secondary N) is 2. The summed E-state index contributed by atoms with van der Waals surface area (Å²) in [7, 11) is -3.74. The van der Waals surface area contributed by atoms with Crippen LogP contribution in [0.4, 0.5) is 18.9 Å². The third-order valence-corrected chi connectivity index (χ3v) is 9.11. The molecule has 10 heteroatoms. The molecule has 0 radical (unpaired) electrons. The predicted molar refractivity (Wildman–Crippen MR) is 166 cm³/mol. The zero-order chi connectivity index (χ0) is 32.4. The molecule has 0 bridgehead atoms. The van der Waals surface area contributed by atoms with E-state index >= 15 is 0 Å². The lowest BCUT2D eigenvalue weighted by molar-refractivity contribution is 0.102. The van der Waals surface area contributed by atoms with Crippen LogP contribution in [-0.4, -0.2) is 42.2 Å². The number of anilines is 1. The molecule has 1 aromatic carbocycles. The molecule has 1 amide bonds. The van der Waals surface area contributed by atoms with Crippen molar-refractivity contribution in [1.82, 2.24) is 4.98 Å². The lowest BCUT2D eigenvalue weighted by atomic mass is 10.0. The molecular formula is C31H50F3N3O3S. The molecule has 1 heterocycles. The van der Waals surface area contributed by atoms with Gasteiger partial charge < -0.3 is 10.7 Å². The number of nitrogens with zero attached hydrogens (tertiary/aromatic N) is 1. The normalized spacial score (nSPS) is 12.2. The van der Waals surface area contributed by atoms with Gasteiger partial charge in [-0.3, -0.25) is 9.18 Å². The maximum Gasteiger partial charge on any atom is 0.274 e. The van der Waals surface area contributed by atoms with Gasteiger partial charge in [-0.1, -0.05) is 61.8 Å². The third kappa shape index (κ3) is 13.2. The molecule has 0 saturated heterocycles. The van der Waals surface area contributed by atoms with E-state index in [1.807, 2.05) is 27.7 Å². The van der Waals surface area contributed by atoms with Crippen molar-refractivity contribution in [2.75, 3.05) is 17.7 Å². The Labute approximate surface area is 246 Å². The van der Waals surface area contributed by atoms with E-state index in [2.05, 4.69) is 24.1 Å². The second-order valence-corrected chi connectivity index (χ2v) is 12.2. The highest BCUT2D eigenvalue weighted by Gasteiger charge is 2.38. The number of amides is 1. The second kappa shape index (κ2) is 20.2. The first-order chi connectivity index (χ1) is 19.2. The standard InChI is InChI=1S/C21H25F2N3O3S.C6H13F.2C2H6/c1-5-19(24)21(3,4)30(28,29)12-13(2)16-10-15(7-8-17(16)23)26-20(27)18-9-6-14(22)11-25-18;1-3-6(2)4-5-7;2*1-2/h6-11,13,24H,5,12H2,1-4H3,(H,26,27);6H,3-5H2,1-2H3;2*1-2H3/t13-;;;/m0.../s1. The Kier molecular flexibility index (Phi) is 19.9. The minimum Gasteiger partial charge on any atom is -0.321 e. The molecule has 2 atom stereocenters. The maximum atomic E-state index is 14.4. The van der Waals surface area contributed by atoms with Gasteiger partial charge in [0.25, 0.3) is 5.91 Å². The average molecular weight is 602 g/mol. The Morgan fingerprint density at radius 2 is 1.63 bits per heavy atom. The van der Waals surface area contributed by atoms with Crippen molar-refractivity contribution < 1.29 is 26.4 Å². The summed E-state index contributed by atoms with van der Waals surface area (Å²) < 4.78 is 63.2. The molecule has 0 spiro atoms. The maximum absolute atomic E-state index is 14.4. The van der Waals surface area contributed by atoms with Gasteiger partial charge in [0.15, 0.2) is 9.84 Å². The summed E-state index contributed by atoms with van der Waals surface area (Å²) in [5, 5.41) is 10.5. The van der Waals surface area contributed by atoms with Crippen molar-refractivity contribution in [1.29, 1.82) is 5.41 Å². The van der Waals surface area contributed by atoms with E-state index in [1.165, 1.54) is 32.0 Å². The van der Waals surface area contributed by atoms with Gasteiger partial charge in [-0.05, 0) is 74.4 Å². The van der Waals surface area contributed by atoms with Crippen molar-refractivity contribution in [3.8, 4) is 0 Å². The van der Waals surface area contributed by atoms with E-state index < -0.39 is 38.0 Å². The molecule has 0 fully saturated rings. The fourth-order valence-electron chi connectivity index (χ4n) is 3.34. The zero-order valence-electron chi connectivity index (χ0n) is 26.4. The topological polar surface area (TPSA) is 100.0 Å². The highest BCUT2D eigenvalue weighted by molar-refractivity contribution is 7.93. The molecule has 41 heavy (non-hydrogen) atoms. The summed E-state index contributed by atoms with van der Waals surface area (Å²) in [5.74, 6) is -2.27. The lowest BCUT2D eigenvalue weighted by Gasteiger charge is -2.27. The Morgan fingerprint density at radius 1 is 1.05 bits per heavy atom. The summed E-state index contributed by atoms with van der Waals surface area (Å²) in [5.41, 5.74) is 0.454. The number of sulfone groups is 1. The van der Waals surface area contributed by atoms with Gasteiger partial charge in [-0.2, -0.15) is 0 Å². The van der Waals surface area contributed by atoms with Crippen molar-refractivity contribution in [2.45, 2.75) is 99.2 Å². The fourth-order valence-corrected chi connectivity index (χ4v) is 5.11. The fraction of sp³-hybridized carbons (Fsp3) is 0.581. The number of pyridine rings is 1. The number of halogens is 3. The summed E-state index contributed by atoms with van der Waals surface area (Å²) in [6, 6.07) is 6.17. The molecule has 0 aliphatic rings. The minimum absolute atomic E-state index is 0.0160. The van der Waals surface area contributed by atoms with Crippen LogP contribution in [0.2, 0.25) is 0 Å². The molecular weight excluding hydrogens is 551 g/mol. The summed E-state index contributed by atoms with van der Waals surface area (Å²) >= 11 is 0. The molecule has 1 unspecified atom stereocenters. The van der Waals surface area contributed by atoms with Gasteiger partial charge in [-0.25, -0.2) is 22.2 Å². The molecule has 2 N–H and O–H groups in total. The van der Waals surface area contributed by atoms with Crippen LogP contribution in [0.3, 0.4) is 0 Å².